The molecule has 0 saturated carbocycles. The molecule has 2 heterocycles. The average Bonchev–Trinajstić information content (AvgIpc) is 2.65. The van der Waals surface area contributed by atoms with E-state index in [2.05, 4.69) is 36.4 Å². The Morgan fingerprint density at radius 3 is 2.87 bits per heavy atom. The molecule has 1 unspecified atom stereocenters. The van der Waals surface area contributed by atoms with Crippen molar-refractivity contribution in [3.63, 3.8) is 0 Å². The molecule has 0 amide bonds. The van der Waals surface area contributed by atoms with E-state index in [-0.39, 0.29) is 6.04 Å². The maximum atomic E-state index is 4.26. The molecule has 15 heavy (non-hydrogen) atoms. The molecule has 0 radical (unpaired) electrons. The van der Waals surface area contributed by atoms with Crippen molar-refractivity contribution in [1.82, 2.24) is 15.2 Å². The first-order valence-electron chi connectivity index (χ1n) is 4.42. The summed E-state index contributed by atoms with van der Waals surface area (Å²) in [5.74, 6) is 0. The number of aromatic nitrogens is 3. The van der Waals surface area contributed by atoms with Crippen LogP contribution in [0.5, 0.6) is 0 Å². The van der Waals surface area contributed by atoms with Crippen LogP contribution in [0.25, 0.3) is 0 Å². The van der Waals surface area contributed by atoms with Gasteiger partial charge in [0.05, 0.1) is 11.7 Å². The Kier molecular flexibility index (Phi) is 3.27. The summed E-state index contributed by atoms with van der Waals surface area (Å²) in [6.07, 6.45) is 1.78. The molecule has 6 heteroatoms. The minimum atomic E-state index is 0.131. The average molecular weight is 285 g/mol. The molecular weight excluding hydrogens is 276 g/mol. The third-order valence-electron chi connectivity index (χ3n) is 1.87. The van der Waals surface area contributed by atoms with E-state index < -0.39 is 0 Å². The predicted molar refractivity (Wildman–Crippen MR) is 63.9 cm³/mol. The molecule has 4 nitrogen and oxygen atoms in total. The quantitative estimate of drug-likeness (QED) is 0.942. The second-order valence-corrected chi connectivity index (χ2v) is 5.23. The van der Waals surface area contributed by atoms with Crippen LogP contribution in [-0.2, 0) is 0 Å². The lowest BCUT2D eigenvalue weighted by atomic mass is 10.2. The van der Waals surface area contributed by atoms with Gasteiger partial charge in [0.15, 0.2) is 3.92 Å². The minimum absolute atomic E-state index is 0.131. The van der Waals surface area contributed by atoms with Crippen molar-refractivity contribution >= 4 is 32.4 Å². The lowest BCUT2D eigenvalue weighted by Gasteiger charge is -2.10. The summed E-state index contributed by atoms with van der Waals surface area (Å²) in [6.45, 7) is 2.04. The molecule has 0 fully saturated rings. The van der Waals surface area contributed by atoms with Crippen LogP contribution in [0.4, 0.5) is 5.13 Å². The number of halogens is 1. The van der Waals surface area contributed by atoms with Crippen LogP contribution in [0, 0.1) is 0 Å². The number of anilines is 1. The lowest BCUT2D eigenvalue weighted by molar-refractivity contribution is 0.832. The largest absolute Gasteiger partial charge is 0.352 e. The number of nitrogens with one attached hydrogen (secondary N) is 1. The van der Waals surface area contributed by atoms with Gasteiger partial charge in [0.25, 0.3) is 0 Å². The van der Waals surface area contributed by atoms with Crippen molar-refractivity contribution in [2.24, 2.45) is 0 Å². The van der Waals surface area contributed by atoms with Crippen molar-refractivity contribution in [3.05, 3.63) is 34.0 Å². The molecule has 1 atom stereocenters. The smallest absolute Gasteiger partial charge is 0.207 e. The van der Waals surface area contributed by atoms with Crippen LogP contribution in [-0.4, -0.2) is 15.2 Å². The summed E-state index contributed by atoms with van der Waals surface area (Å²) in [5.41, 5.74) is 0.990. The van der Waals surface area contributed by atoms with Crippen molar-refractivity contribution in [1.29, 1.82) is 0 Å². The third-order valence-corrected chi connectivity index (χ3v) is 3.16. The van der Waals surface area contributed by atoms with Gasteiger partial charge in [-0.3, -0.25) is 4.98 Å². The van der Waals surface area contributed by atoms with Crippen LogP contribution in [0.1, 0.15) is 18.7 Å². The normalized spacial score (nSPS) is 12.4. The Hall–Kier alpha value is -1.01. The van der Waals surface area contributed by atoms with Crippen LogP contribution >= 0.6 is 27.3 Å². The molecule has 0 aliphatic heterocycles. The zero-order valence-corrected chi connectivity index (χ0v) is 10.4. The first-order chi connectivity index (χ1) is 7.25. The van der Waals surface area contributed by atoms with E-state index in [1.165, 1.54) is 11.3 Å². The summed E-state index contributed by atoms with van der Waals surface area (Å²) in [7, 11) is 0. The van der Waals surface area contributed by atoms with Crippen LogP contribution in [0.3, 0.4) is 0 Å². The topological polar surface area (TPSA) is 50.7 Å². The molecule has 0 aliphatic rings. The van der Waals surface area contributed by atoms with E-state index in [0.717, 1.165) is 14.7 Å². The second kappa shape index (κ2) is 4.67. The summed E-state index contributed by atoms with van der Waals surface area (Å²) < 4.78 is 0.776. The molecule has 0 spiro atoms. The molecule has 0 bridgehead atoms. The van der Waals surface area contributed by atoms with Crippen LogP contribution in [0.15, 0.2) is 28.3 Å². The predicted octanol–water partition coefficient (Wildman–Crippen LogP) is 2.87. The van der Waals surface area contributed by atoms with Gasteiger partial charge in [-0.15, -0.1) is 10.2 Å². The van der Waals surface area contributed by atoms with Crippen LogP contribution < -0.4 is 5.32 Å². The second-order valence-electron chi connectivity index (χ2n) is 2.98. The van der Waals surface area contributed by atoms with E-state index in [0.29, 0.717) is 0 Å². The van der Waals surface area contributed by atoms with Gasteiger partial charge in [-0.05, 0) is 35.0 Å². The summed E-state index contributed by atoms with van der Waals surface area (Å²) in [6, 6.07) is 5.98. The van der Waals surface area contributed by atoms with Crippen molar-refractivity contribution in [2.45, 2.75) is 13.0 Å². The maximum Gasteiger partial charge on any atom is 0.207 e. The van der Waals surface area contributed by atoms with E-state index in [1.807, 2.05) is 25.1 Å². The zero-order chi connectivity index (χ0) is 10.7. The van der Waals surface area contributed by atoms with Gasteiger partial charge in [-0.25, -0.2) is 0 Å². The number of hydrogen-bond acceptors (Lipinski definition) is 5. The Morgan fingerprint density at radius 1 is 1.40 bits per heavy atom. The number of nitrogens with zero attached hydrogens (tertiary/aromatic N) is 3. The Morgan fingerprint density at radius 2 is 2.27 bits per heavy atom. The molecule has 0 aliphatic carbocycles. The number of pyridine rings is 1. The molecule has 0 saturated heterocycles. The van der Waals surface area contributed by atoms with Gasteiger partial charge in [0.2, 0.25) is 5.13 Å². The fourth-order valence-electron chi connectivity index (χ4n) is 1.15. The van der Waals surface area contributed by atoms with Gasteiger partial charge in [0.1, 0.15) is 0 Å². The highest BCUT2D eigenvalue weighted by molar-refractivity contribution is 9.11. The van der Waals surface area contributed by atoms with Gasteiger partial charge < -0.3 is 5.32 Å². The van der Waals surface area contributed by atoms with Crippen molar-refractivity contribution in [2.75, 3.05) is 5.32 Å². The SMILES string of the molecule is CC(Nc1nnc(Br)s1)c1ccccn1. The molecule has 2 rings (SSSR count). The first kappa shape index (κ1) is 10.5. The van der Waals surface area contributed by atoms with E-state index >= 15 is 0 Å². The maximum absolute atomic E-state index is 4.26. The third kappa shape index (κ3) is 2.73. The van der Waals surface area contributed by atoms with Gasteiger partial charge in [-0.1, -0.05) is 17.4 Å². The standard InChI is InChI=1S/C9H9BrN4S/c1-6(7-4-2-3-5-11-7)12-9-14-13-8(10)15-9/h2-6H,1H3,(H,12,14). The summed E-state index contributed by atoms with van der Waals surface area (Å²) >= 11 is 4.73. The van der Waals surface area contributed by atoms with E-state index in [9.17, 15) is 0 Å². The lowest BCUT2D eigenvalue weighted by Crippen LogP contribution is -2.07. The fraction of sp³-hybridized carbons (Fsp3) is 0.222. The Labute approximate surface area is 99.9 Å². The Balaban J connectivity index is 2.07. The van der Waals surface area contributed by atoms with Crippen LogP contribution in [0.2, 0.25) is 0 Å². The van der Waals surface area contributed by atoms with Gasteiger partial charge in [-0.2, -0.15) is 0 Å². The molecule has 1 N–H and O–H groups in total. The molecule has 2 aromatic heterocycles. The Bertz CT molecular complexity index is 431. The first-order valence-corrected chi connectivity index (χ1v) is 6.03. The highest BCUT2D eigenvalue weighted by atomic mass is 79.9. The minimum Gasteiger partial charge on any atom is -0.352 e. The van der Waals surface area contributed by atoms with Crippen molar-refractivity contribution < 1.29 is 0 Å². The molecule has 78 valence electrons. The summed E-state index contributed by atoms with van der Waals surface area (Å²) in [4.78, 5) is 4.26. The molecule has 0 aromatic carbocycles. The monoisotopic (exact) mass is 284 g/mol. The fourth-order valence-corrected chi connectivity index (χ4v) is 2.25. The zero-order valence-electron chi connectivity index (χ0n) is 8.01. The molecular formula is C9H9BrN4S. The van der Waals surface area contributed by atoms with E-state index in [1.54, 1.807) is 6.20 Å². The van der Waals surface area contributed by atoms with Gasteiger partial charge in [0, 0.05) is 6.20 Å². The summed E-state index contributed by atoms with van der Waals surface area (Å²) in [5, 5.41) is 11.9. The highest BCUT2D eigenvalue weighted by Crippen LogP contribution is 2.23. The number of hydrogen-bond donors (Lipinski definition) is 1. The van der Waals surface area contributed by atoms with Gasteiger partial charge >= 0.3 is 0 Å². The highest BCUT2D eigenvalue weighted by Gasteiger charge is 2.08. The number of rotatable bonds is 3. The van der Waals surface area contributed by atoms with Crippen molar-refractivity contribution in [3.8, 4) is 0 Å². The van der Waals surface area contributed by atoms with E-state index in [4.69, 9.17) is 0 Å². The molecule has 2 aromatic rings.